The standard InChI is InChI=1S/C4H8F3N/c5-1-4(8,2-6)3-7/h1-3,8H2. The summed E-state index contributed by atoms with van der Waals surface area (Å²) in [6.07, 6.45) is 0. The van der Waals surface area contributed by atoms with Crippen molar-refractivity contribution in [3.8, 4) is 0 Å². The van der Waals surface area contributed by atoms with E-state index in [-0.39, 0.29) is 0 Å². The number of hydrogen-bond donors (Lipinski definition) is 1. The molecule has 0 atom stereocenters. The normalized spacial score (nSPS) is 12.0. The van der Waals surface area contributed by atoms with Gasteiger partial charge in [-0.1, -0.05) is 0 Å². The minimum absolute atomic E-state index is 1.15. The van der Waals surface area contributed by atoms with Gasteiger partial charge in [-0.3, -0.25) is 0 Å². The summed E-state index contributed by atoms with van der Waals surface area (Å²) in [7, 11) is 0. The molecule has 0 saturated heterocycles. The average molecular weight is 127 g/mol. The van der Waals surface area contributed by atoms with Gasteiger partial charge in [0.15, 0.2) is 0 Å². The summed E-state index contributed by atoms with van der Waals surface area (Å²) in [5.74, 6) is 0. The molecule has 0 fully saturated rings. The second-order valence-corrected chi connectivity index (χ2v) is 1.76. The molecule has 50 valence electrons. The molecule has 2 N–H and O–H groups in total. The van der Waals surface area contributed by atoms with Crippen LogP contribution in [0, 0.1) is 0 Å². The molecule has 0 radical (unpaired) electrons. The van der Waals surface area contributed by atoms with Crippen LogP contribution in [0.25, 0.3) is 0 Å². The van der Waals surface area contributed by atoms with E-state index in [1.165, 1.54) is 0 Å². The summed E-state index contributed by atoms with van der Waals surface area (Å²) in [6, 6.07) is 0. The molecule has 4 heteroatoms. The maximum absolute atomic E-state index is 11.4. The molecule has 0 aliphatic carbocycles. The van der Waals surface area contributed by atoms with Gasteiger partial charge in [0, 0.05) is 0 Å². The SMILES string of the molecule is NC(CF)(CF)CF. The van der Waals surface area contributed by atoms with Gasteiger partial charge in [-0.15, -0.1) is 0 Å². The van der Waals surface area contributed by atoms with E-state index < -0.39 is 25.6 Å². The summed E-state index contributed by atoms with van der Waals surface area (Å²) < 4.78 is 34.3. The molecule has 8 heavy (non-hydrogen) atoms. The molecule has 0 heterocycles. The summed E-state index contributed by atoms with van der Waals surface area (Å²) in [5.41, 5.74) is 2.90. The topological polar surface area (TPSA) is 26.0 Å². The minimum atomic E-state index is -1.88. The van der Waals surface area contributed by atoms with Crippen LogP contribution in [0.1, 0.15) is 0 Å². The lowest BCUT2D eigenvalue weighted by molar-refractivity contribution is 0.196. The first-order valence-corrected chi connectivity index (χ1v) is 2.15. The Hall–Kier alpha value is -0.250. The van der Waals surface area contributed by atoms with Crippen molar-refractivity contribution in [3.05, 3.63) is 0 Å². The number of rotatable bonds is 3. The molecular weight excluding hydrogens is 119 g/mol. The fourth-order valence-electron chi connectivity index (χ4n) is 0.107. The second kappa shape index (κ2) is 2.91. The highest BCUT2D eigenvalue weighted by atomic mass is 19.1. The molecule has 0 unspecified atom stereocenters. The molecule has 0 aromatic heterocycles. The van der Waals surface area contributed by atoms with E-state index >= 15 is 0 Å². The fraction of sp³-hybridized carbons (Fsp3) is 1.00. The van der Waals surface area contributed by atoms with Crippen molar-refractivity contribution in [3.63, 3.8) is 0 Å². The predicted octanol–water partition coefficient (Wildman–Crippen LogP) is 0.592. The van der Waals surface area contributed by atoms with Gasteiger partial charge in [0.1, 0.15) is 25.6 Å². The maximum Gasteiger partial charge on any atom is 0.112 e. The molecular formula is C4H8F3N. The van der Waals surface area contributed by atoms with Crippen molar-refractivity contribution in [2.75, 3.05) is 20.0 Å². The lowest BCUT2D eigenvalue weighted by Gasteiger charge is -2.16. The second-order valence-electron chi connectivity index (χ2n) is 1.76. The van der Waals surface area contributed by atoms with Gasteiger partial charge in [0.2, 0.25) is 0 Å². The molecule has 0 aromatic carbocycles. The number of nitrogens with two attached hydrogens (primary N) is 1. The number of alkyl halides is 3. The lowest BCUT2D eigenvalue weighted by Crippen LogP contribution is -2.46. The van der Waals surface area contributed by atoms with Crippen molar-refractivity contribution < 1.29 is 13.2 Å². The van der Waals surface area contributed by atoms with E-state index in [0.29, 0.717) is 0 Å². The van der Waals surface area contributed by atoms with E-state index in [0.717, 1.165) is 0 Å². The highest BCUT2D eigenvalue weighted by Crippen LogP contribution is 2.02. The fourth-order valence-corrected chi connectivity index (χ4v) is 0.107. The first kappa shape index (κ1) is 7.75. The molecule has 0 aliphatic rings. The van der Waals surface area contributed by atoms with Gasteiger partial charge < -0.3 is 5.73 Å². The molecule has 0 spiro atoms. The zero-order valence-electron chi connectivity index (χ0n) is 4.33. The Kier molecular flexibility index (Phi) is 2.82. The third-order valence-corrected chi connectivity index (χ3v) is 0.798. The Balaban J connectivity index is 3.58. The van der Waals surface area contributed by atoms with E-state index in [1.807, 2.05) is 0 Å². The Morgan fingerprint density at radius 2 is 1.25 bits per heavy atom. The van der Waals surface area contributed by atoms with E-state index in [9.17, 15) is 13.2 Å². The molecule has 0 bridgehead atoms. The Morgan fingerprint density at radius 1 is 1.00 bits per heavy atom. The van der Waals surface area contributed by atoms with Gasteiger partial charge in [0.25, 0.3) is 0 Å². The summed E-state index contributed by atoms with van der Waals surface area (Å²) in [4.78, 5) is 0. The van der Waals surface area contributed by atoms with Crippen LogP contribution >= 0.6 is 0 Å². The van der Waals surface area contributed by atoms with Crippen LogP contribution in [-0.2, 0) is 0 Å². The van der Waals surface area contributed by atoms with Crippen molar-refractivity contribution >= 4 is 0 Å². The largest absolute Gasteiger partial charge is 0.319 e. The monoisotopic (exact) mass is 127 g/mol. The van der Waals surface area contributed by atoms with Crippen LogP contribution in [0.2, 0.25) is 0 Å². The Labute approximate surface area is 45.7 Å². The van der Waals surface area contributed by atoms with Crippen LogP contribution in [0.4, 0.5) is 13.2 Å². The molecule has 0 aromatic rings. The highest BCUT2D eigenvalue weighted by molar-refractivity contribution is 4.81. The third-order valence-electron chi connectivity index (χ3n) is 0.798. The van der Waals surface area contributed by atoms with Gasteiger partial charge in [-0.05, 0) is 0 Å². The number of halogens is 3. The van der Waals surface area contributed by atoms with E-state index in [4.69, 9.17) is 5.73 Å². The lowest BCUT2D eigenvalue weighted by atomic mass is 10.1. The predicted molar refractivity (Wildman–Crippen MR) is 24.8 cm³/mol. The zero-order chi connectivity index (χ0) is 6.62. The Bertz CT molecular complexity index is 54.0. The van der Waals surface area contributed by atoms with Crippen molar-refractivity contribution in [2.45, 2.75) is 5.54 Å². The zero-order valence-corrected chi connectivity index (χ0v) is 4.33. The first-order chi connectivity index (χ1) is 3.68. The third kappa shape index (κ3) is 1.69. The first-order valence-electron chi connectivity index (χ1n) is 2.15. The van der Waals surface area contributed by atoms with Crippen LogP contribution in [0.15, 0.2) is 0 Å². The minimum Gasteiger partial charge on any atom is -0.319 e. The van der Waals surface area contributed by atoms with Crippen LogP contribution in [-0.4, -0.2) is 25.6 Å². The van der Waals surface area contributed by atoms with Crippen molar-refractivity contribution in [1.29, 1.82) is 0 Å². The maximum atomic E-state index is 11.4. The van der Waals surface area contributed by atoms with Crippen molar-refractivity contribution in [1.82, 2.24) is 0 Å². The average Bonchev–Trinajstić information content (AvgIpc) is 1.87. The molecule has 0 rings (SSSR count). The van der Waals surface area contributed by atoms with Crippen LogP contribution in [0.3, 0.4) is 0 Å². The molecule has 1 nitrogen and oxygen atoms in total. The molecule has 0 aliphatic heterocycles. The summed E-state index contributed by atoms with van der Waals surface area (Å²) in [5, 5.41) is 0. The van der Waals surface area contributed by atoms with E-state index in [1.54, 1.807) is 0 Å². The summed E-state index contributed by atoms with van der Waals surface area (Å²) >= 11 is 0. The van der Waals surface area contributed by atoms with Crippen LogP contribution in [0.5, 0.6) is 0 Å². The van der Waals surface area contributed by atoms with Gasteiger partial charge in [-0.2, -0.15) is 0 Å². The van der Waals surface area contributed by atoms with Crippen molar-refractivity contribution in [2.24, 2.45) is 5.73 Å². The Morgan fingerprint density at radius 3 is 1.25 bits per heavy atom. The van der Waals surface area contributed by atoms with E-state index in [2.05, 4.69) is 0 Å². The smallest absolute Gasteiger partial charge is 0.112 e. The molecule has 0 amide bonds. The highest BCUT2D eigenvalue weighted by Gasteiger charge is 2.24. The van der Waals surface area contributed by atoms with Gasteiger partial charge >= 0.3 is 0 Å². The number of hydrogen-bond acceptors (Lipinski definition) is 1. The van der Waals surface area contributed by atoms with Gasteiger partial charge in [-0.25, -0.2) is 13.2 Å². The summed E-state index contributed by atoms with van der Waals surface area (Å²) in [6.45, 7) is -3.46. The van der Waals surface area contributed by atoms with Gasteiger partial charge in [0.05, 0.1) is 0 Å². The molecule has 0 saturated carbocycles. The van der Waals surface area contributed by atoms with Crippen LogP contribution < -0.4 is 5.73 Å². The quantitative estimate of drug-likeness (QED) is 0.590.